The van der Waals surface area contributed by atoms with Crippen molar-refractivity contribution in [2.24, 2.45) is 0 Å². The lowest BCUT2D eigenvalue weighted by Gasteiger charge is -2.22. The molecule has 0 saturated carbocycles. The summed E-state index contributed by atoms with van der Waals surface area (Å²) in [5.74, 6) is 2.24. The second kappa shape index (κ2) is 7.82. The Morgan fingerprint density at radius 3 is 2.56 bits per heavy atom. The molecule has 6 nitrogen and oxygen atoms in total. The quantitative estimate of drug-likeness (QED) is 0.632. The van der Waals surface area contributed by atoms with Crippen molar-refractivity contribution in [1.29, 1.82) is 0 Å². The zero-order valence-electron chi connectivity index (χ0n) is 16.4. The van der Waals surface area contributed by atoms with Gasteiger partial charge in [0.25, 0.3) is 0 Å². The molecule has 3 rings (SSSR count). The third-order valence-electron chi connectivity index (χ3n) is 4.61. The smallest absolute Gasteiger partial charge is 0.165 e. The Morgan fingerprint density at radius 2 is 1.93 bits per heavy atom. The average Bonchev–Trinajstić information content (AvgIpc) is 3.00. The summed E-state index contributed by atoms with van der Waals surface area (Å²) in [4.78, 5) is 6.68. The third-order valence-corrected chi connectivity index (χ3v) is 4.61. The van der Waals surface area contributed by atoms with Crippen LogP contribution < -0.4 is 14.4 Å². The number of fused-ring (bicyclic) bond motifs is 1. The summed E-state index contributed by atoms with van der Waals surface area (Å²) in [6, 6.07) is 7.62. The Bertz CT molecular complexity index is 955. The number of benzene rings is 1. The van der Waals surface area contributed by atoms with Gasteiger partial charge in [0, 0.05) is 36.5 Å². The largest absolute Gasteiger partial charge is 0.497 e. The fourth-order valence-corrected chi connectivity index (χ4v) is 3.31. The van der Waals surface area contributed by atoms with Gasteiger partial charge in [-0.3, -0.25) is 0 Å². The molecule has 3 aromatic rings. The van der Waals surface area contributed by atoms with Gasteiger partial charge in [0.2, 0.25) is 0 Å². The Balaban J connectivity index is 2.27. The van der Waals surface area contributed by atoms with Gasteiger partial charge in [-0.15, -0.1) is 0 Å². The van der Waals surface area contributed by atoms with E-state index in [9.17, 15) is 4.39 Å². The van der Waals surface area contributed by atoms with Crippen LogP contribution in [0.5, 0.6) is 11.5 Å². The molecule has 144 valence electrons. The number of halogens is 1. The molecule has 7 heteroatoms. The van der Waals surface area contributed by atoms with Crippen LogP contribution in [0.15, 0.2) is 24.3 Å². The highest BCUT2D eigenvalue weighted by molar-refractivity contribution is 5.85. The maximum atomic E-state index is 13.0. The van der Waals surface area contributed by atoms with E-state index < -0.39 is 6.67 Å². The molecule has 0 saturated heterocycles. The molecule has 0 aliphatic heterocycles. The lowest BCUT2D eigenvalue weighted by atomic mass is 10.0. The standard InChI is InChI=1S/C20H25FN4O2/c1-6-24(10-9-21)18-11-13(2)22-20-19(14(3)23-25(18)20)16-8-7-15(26-4)12-17(16)27-5/h7-8,11-12H,6,9-10H2,1-5H3/i21-1. The van der Waals surface area contributed by atoms with Crippen molar-refractivity contribution < 1.29 is 13.9 Å². The first-order valence-electron chi connectivity index (χ1n) is 8.94. The minimum Gasteiger partial charge on any atom is -0.497 e. The van der Waals surface area contributed by atoms with E-state index >= 15 is 0 Å². The molecule has 0 bridgehead atoms. The van der Waals surface area contributed by atoms with Gasteiger partial charge < -0.3 is 14.4 Å². The molecule has 0 amide bonds. The van der Waals surface area contributed by atoms with E-state index in [4.69, 9.17) is 19.6 Å². The predicted molar refractivity (Wildman–Crippen MR) is 105 cm³/mol. The van der Waals surface area contributed by atoms with E-state index in [1.807, 2.05) is 49.9 Å². The molecule has 1 aromatic carbocycles. The first-order valence-corrected chi connectivity index (χ1v) is 8.94. The Hall–Kier alpha value is -2.83. The molecule has 2 aromatic heterocycles. The minimum absolute atomic E-state index is 0.315. The van der Waals surface area contributed by atoms with Crippen LogP contribution in [0.1, 0.15) is 18.3 Å². The van der Waals surface area contributed by atoms with Crippen LogP contribution in [0.2, 0.25) is 0 Å². The molecule has 0 atom stereocenters. The molecule has 0 spiro atoms. The van der Waals surface area contributed by atoms with Gasteiger partial charge >= 0.3 is 0 Å². The minimum atomic E-state index is -0.421. The summed E-state index contributed by atoms with van der Waals surface area (Å²) in [7, 11) is 3.25. The van der Waals surface area contributed by atoms with Gasteiger partial charge in [0.15, 0.2) is 5.65 Å². The predicted octanol–water partition coefficient (Wildman–Crippen LogP) is 3.83. The van der Waals surface area contributed by atoms with Gasteiger partial charge in [-0.2, -0.15) is 9.61 Å². The second-order valence-corrected chi connectivity index (χ2v) is 6.29. The highest BCUT2D eigenvalue weighted by atomic mass is 18.2. The molecule has 0 aliphatic carbocycles. The maximum absolute atomic E-state index is 13.0. The Kier molecular flexibility index (Phi) is 5.48. The lowest BCUT2D eigenvalue weighted by molar-refractivity contribution is 0.395. The SMILES string of the molecule is CCN(CC[18F])c1cc(C)nc2c(-c3ccc(OC)cc3OC)c(C)nn12. The summed E-state index contributed by atoms with van der Waals surface area (Å²) in [6.07, 6.45) is 0. The fourth-order valence-electron chi connectivity index (χ4n) is 3.31. The van der Waals surface area contributed by atoms with Gasteiger partial charge in [-0.05, 0) is 32.9 Å². The van der Waals surface area contributed by atoms with Crippen molar-refractivity contribution in [2.75, 3.05) is 38.9 Å². The van der Waals surface area contributed by atoms with E-state index in [1.54, 1.807) is 18.7 Å². The number of hydrogen-bond acceptors (Lipinski definition) is 5. The molecule has 27 heavy (non-hydrogen) atoms. The van der Waals surface area contributed by atoms with Crippen LogP contribution in [0.25, 0.3) is 16.8 Å². The fraction of sp³-hybridized carbons (Fsp3) is 0.400. The number of aromatic nitrogens is 3. The lowest BCUT2D eigenvalue weighted by Crippen LogP contribution is -2.27. The highest BCUT2D eigenvalue weighted by Crippen LogP contribution is 2.38. The second-order valence-electron chi connectivity index (χ2n) is 6.29. The molecule has 0 radical (unpaired) electrons. The number of nitrogens with zero attached hydrogens (tertiary/aromatic N) is 4. The van der Waals surface area contributed by atoms with Gasteiger partial charge in [0.05, 0.1) is 25.5 Å². The zero-order valence-corrected chi connectivity index (χ0v) is 16.4. The topological polar surface area (TPSA) is 51.9 Å². The molecule has 0 unspecified atom stereocenters. The van der Waals surface area contributed by atoms with E-state index in [0.717, 1.165) is 39.7 Å². The maximum Gasteiger partial charge on any atom is 0.165 e. The molecule has 2 heterocycles. The first kappa shape index (κ1) is 18.9. The molecule has 0 N–H and O–H groups in total. The first-order chi connectivity index (χ1) is 13.0. The summed E-state index contributed by atoms with van der Waals surface area (Å²) in [5, 5.41) is 4.70. The number of methoxy groups -OCH3 is 2. The summed E-state index contributed by atoms with van der Waals surface area (Å²) < 4.78 is 25.7. The number of aryl methyl sites for hydroxylation is 2. The highest BCUT2D eigenvalue weighted by Gasteiger charge is 2.21. The Labute approximate surface area is 158 Å². The van der Waals surface area contributed by atoms with Crippen molar-refractivity contribution in [3.63, 3.8) is 0 Å². The van der Waals surface area contributed by atoms with Crippen LogP contribution >= 0.6 is 0 Å². The summed E-state index contributed by atoms with van der Waals surface area (Å²) in [6.45, 7) is 6.46. The molecular formula is C20H25FN4O2. The number of hydrogen-bond donors (Lipinski definition) is 0. The summed E-state index contributed by atoms with van der Waals surface area (Å²) in [5.41, 5.74) is 4.19. The van der Waals surface area contributed by atoms with E-state index in [0.29, 0.717) is 18.8 Å². The van der Waals surface area contributed by atoms with E-state index in [-0.39, 0.29) is 0 Å². The monoisotopic (exact) mass is 371 g/mol. The number of rotatable bonds is 7. The van der Waals surface area contributed by atoms with Crippen molar-refractivity contribution >= 4 is 11.5 Å². The zero-order chi connectivity index (χ0) is 19.6. The number of alkyl halides is 1. The van der Waals surface area contributed by atoms with Crippen molar-refractivity contribution in [3.8, 4) is 22.6 Å². The van der Waals surface area contributed by atoms with Crippen LogP contribution in [0.4, 0.5) is 10.2 Å². The van der Waals surface area contributed by atoms with Crippen LogP contribution in [-0.4, -0.2) is 48.6 Å². The van der Waals surface area contributed by atoms with E-state index in [2.05, 4.69) is 0 Å². The van der Waals surface area contributed by atoms with Crippen LogP contribution in [0.3, 0.4) is 0 Å². The van der Waals surface area contributed by atoms with Crippen molar-refractivity contribution in [3.05, 3.63) is 35.7 Å². The van der Waals surface area contributed by atoms with Gasteiger partial charge in [0.1, 0.15) is 24.0 Å². The van der Waals surface area contributed by atoms with Gasteiger partial charge in [-0.1, -0.05) is 0 Å². The van der Waals surface area contributed by atoms with Gasteiger partial charge in [-0.25, -0.2) is 9.37 Å². The molecular weight excluding hydrogens is 346 g/mol. The normalized spacial score (nSPS) is 11.0. The molecule has 0 aliphatic rings. The van der Waals surface area contributed by atoms with Crippen molar-refractivity contribution in [2.45, 2.75) is 20.8 Å². The van der Waals surface area contributed by atoms with E-state index in [1.165, 1.54) is 0 Å². The number of ether oxygens (including phenoxy) is 2. The number of anilines is 1. The summed E-state index contributed by atoms with van der Waals surface area (Å²) >= 11 is 0. The Morgan fingerprint density at radius 1 is 1.15 bits per heavy atom. The third kappa shape index (κ3) is 3.41. The van der Waals surface area contributed by atoms with Crippen molar-refractivity contribution in [1.82, 2.24) is 14.6 Å². The van der Waals surface area contributed by atoms with Crippen LogP contribution in [-0.2, 0) is 0 Å². The average molecular weight is 371 g/mol. The van der Waals surface area contributed by atoms with Crippen LogP contribution in [0, 0.1) is 13.8 Å². The molecule has 0 fully saturated rings.